The zero-order valence-corrected chi connectivity index (χ0v) is 22.5. The van der Waals surface area contributed by atoms with Crippen LogP contribution in [0, 0.1) is 3.57 Å². The topological polar surface area (TPSA) is 67.9 Å². The van der Waals surface area contributed by atoms with Crippen LogP contribution >= 0.6 is 50.1 Å². The van der Waals surface area contributed by atoms with E-state index in [1.54, 1.807) is 36.4 Å². The highest BCUT2D eigenvalue weighted by Gasteiger charge is 2.35. The zero-order valence-electron chi connectivity index (χ0n) is 18.0. The summed E-state index contributed by atoms with van der Waals surface area (Å²) in [5.41, 5.74) is 2.28. The molecule has 0 bridgehead atoms. The summed E-state index contributed by atoms with van der Waals surface area (Å²) in [5.74, 6) is 0.715. The Bertz CT molecular complexity index is 1280. The highest BCUT2D eigenvalue weighted by Crippen LogP contribution is 2.36. The van der Waals surface area contributed by atoms with Gasteiger partial charge in [-0.3, -0.25) is 4.79 Å². The lowest BCUT2D eigenvalue weighted by molar-refractivity contribution is -0.113. The average molecular weight is 654 g/mol. The minimum absolute atomic E-state index is 0.159. The Hall–Kier alpha value is -2.56. The third-order valence-electron chi connectivity index (χ3n) is 4.88. The monoisotopic (exact) mass is 652 g/mol. The van der Waals surface area contributed by atoms with Crippen LogP contribution in [0.2, 0.25) is 5.02 Å². The molecular formula is C25H19BrClIN2O4. The molecule has 0 unspecified atom stereocenters. The predicted molar refractivity (Wildman–Crippen MR) is 144 cm³/mol. The van der Waals surface area contributed by atoms with E-state index in [2.05, 4.69) is 43.8 Å². The SMILES string of the molecule is CCOc1cc(/C=C2/NC(=O)N(c3cccc(Cl)c3)C2=O)cc(I)c1OCc1ccc(Br)cc1. The number of nitrogens with zero attached hydrogens (tertiary/aromatic N) is 1. The normalized spacial score (nSPS) is 14.5. The number of nitrogens with one attached hydrogen (secondary N) is 1. The van der Waals surface area contributed by atoms with Crippen molar-refractivity contribution in [2.24, 2.45) is 0 Å². The van der Waals surface area contributed by atoms with Gasteiger partial charge in [0, 0.05) is 9.50 Å². The second-order valence-corrected chi connectivity index (χ2v) is 9.80. The summed E-state index contributed by atoms with van der Waals surface area (Å²) >= 11 is 11.6. The van der Waals surface area contributed by atoms with E-state index >= 15 is 0 Å². The summed E-state index contributed by atoms with van der Waals surface area (Å²) in [5, 5.41) is 3.07. The number of carbonyl (C=O) groups is 2. The van der Waals surface area contributed by atoms with Crippen molar-refractivity contribution in [3.05, 3.63) is 90.6 Å². The maximum Gasteiger partial charge on any atom is 0.333 e. The minimum atomic E-state index is -0.535. The lowest BCUT2D eigenvalue weighted by Crippen LogP contribution is -2.30. The third kappa shape index (κ3) is 5.56. The molecule has 0 spiro atoms. The molecule has 3 aromatic rings. The fourth-order valence-corrected chi connectivity index (χ4v) is 4.59. The molecule has 3 aromatic carbocycles. The van der Waals surface area contributed by atoms with Gasteiger partial charge in [0.2, 0.25) is 0 Å². The summed E-state index contributed by atoms with van der Waals surface area (Å²) in [7, 11) is 0. The average Bonchev–Trinajstić information content (AvgIpc) is 3.07. The number of hydrogen-bond acceptors (Lipinski definition) is 4. The maximum absolute atomic E-state index is 12.9. The van der Waals surface area contributed by atoms with Crippen molar-refractivity contribution in [1.29, 1.82) is 0 Å². The van der Waals surface area contributed by atoms with Gasteiger partial charge in [0.05, 0.1) is 15.9 Å². The van der Waals surface area contributed by atoms with Gasteiger partial charge in [0.1, 0.15) is 12.3 Å². The number of imide groups is 1. The number of halogens is 3. The van der Waals surface area contributed by atoms with E-state index in [4.69, 9.17) is 21.1 Å². The van der Waals surface area contributed by atoms with Gasteiger partial charge in [-0.25, -0.2) is 9.69 Å². The predicted octanol–water partition coefficient (Wildman–Crippen LogP) is 6.78. The standard InChI is InChI=1S/C25H19BrClIN2O4/c1-2-33-22-12-16(10-20(28)23(22)34-14-15-6-8-17(26)9-7-15)11-21-24(31)30(25(32)29-21)19-5-3-4-18(27)13-19/h3-13H,2,14H2,1H3,(H,29,32)/b21-11+. The number of ether oxygens (including phenoxy) is 2. The second kappa shape index (κ2) is 10.8. The highest BCUT2D eigenvalue weighted by molar-refractivity contribution is 14.1. The van der Waals surface area contributed by atoms with Crippen molar-refractivity contribution in [3.8, 4) is 11.5 Å². The van der Waals surface area contributed by atoms with Crippen molar-refractivity contribution in [3.63, 3.8) is 0 Å². The molecule has 4 rings (SSSR count). The van der Waals surface area contributed by atoms with Crippen LogP contribution < -0.4 is 19.7 Å². The number of amides is 3. The molecule has 174 valence electrons. The Labute approximate surface area is 224 Å². The Morgan fingerprint density at radius 1 is 1.09 bits per heavy atom. The summed E-state index contributed by atoms with van der Waals surface area (Å²) in [4.78, 5) is 26.5. The van der Waals surface area contributed by atoms with Crippen molar-refractivity contribution >= 4 is 73.8 Å². The molecule has 0 radical (unpaired) electrons. The van der Waals surface area contributed by atoms with Crippen LogP contribution in [0.4, 0.5) is 10.5 Å². The molecule has 6 nitrogen and oxygen atoms in total. The molecule has 1 saturated heterocycles. The molecule has 1 aliphatic heterocycles. The molecule has 0 atom stereocenters. The Kier molecular flexibility index (Phi) is 7.80. The molecule has 1 fully saturated rings. The quantitative estimate of drug-likeness (QED) is 0.174. The van der Waals surface area contributed by atoms with Crippen LogP contribution in [0.25, 0.3) is 6.08 Å². The lowest BCUT2D eigenvalue weighted by atomic mass is 10.1. The van der Waals surface area contributed by atoms with Crippen LogP contribution in [-0.2, 0) is 11.4 Å². The van der Waals surface area contributed by atoms with Gasteiger partial charge in [-0.05, 0) is 89.2 Å². The first-order chi connectivity index (χ1) is 16.4. The fourth-order valence-electron chi connectivity index (χ4n) is 3.36. The van der Waals surface area contributed by atoms with Gasteiger partial charge >= 0.3 is 6.03 Å². The first kappa shape index (κ1) is 24.6. The van der Waals surface area contributed by atoms with E-state index in [0.717, 1.165) is 18.5 Å². The van der Waals surface area contributed by atoms with Gasteiger partial charge in [-0.15, -0.1) is 0 Å². The molecule has 1 N–H and O–H groups in total. The summed E-state index contributed by atoms with van der Waals surface area (Å²) in [6.45, 7) is 2.72. The van der Waals surface area contributed by atoms with Crippen molar-refractivity contribution in [2.75, 3.05) is 11.5 Å². The lowest BCUT2D eigenvalue weighted by Gasteiger charge is -2.15. The van der Waals surface area contributed by atoms with E-state index in [0.29, 0.717) is 41.0 Å². The molecule has 3 amide bonds. The van der Waals surface area contributed by atoms with Gasteiger partial charge < -0.3 is 14.8 Å². The van der Waals surface area contributed by atoms with Gasteiger partial charge in [-0.1, -0.05) is 45.7 Å². The van der Waals surface area contributed by atoms with Crippen LogP contribution in [0.5, 0.6) is 11.5 Å². The molecule has 1 aliphatic rings. The van der Waals surface area contributed by atoms with Crippen molar-refractivity contribution < 1.29 is 19.1 Å². The maximum atomic E-state index is 12.9. The molecule has 0 saturated carbocycles. The summed E-state index contributed by atoms with van der Waals surface area (Å²) in [6, 6.07) is 17.6. The first-order valence-electron chi connectivity index (χ1n) is 10.3. The number of carbonyl (C=O) groups excluding carboxylic acids is 2. The Balaban J connectivity index is 1.60. The zero-order chi connectivity index (χ0) is 24.2. The van der Waals surface area contributed by atoms with E-state index in [1.165, 1.54) is 0 Å². The molecule has 1 heterocycles. The van der Waals surface area contributed by atoms with Gasteiger partial charge in [0.15, 0.2) is 11.5 Å². The number of anilines is 1. The summed E-state index contributed by atoms with van der Waals surface area (Å²) in [6.07, 6.45) is 1.62. The fraction of sp³-hybridized carbons (Fsp3) is 0.120. The largest absolute Gasteiger partial charge is 0.490 e. The Morgan fingerprint density at radius 3 is 2.56 bits per heavy atom. The van der Waals surface area contributed by atoms with Gasteiger partial charge in [-0.2, -0.15) is 0 Å². The van der Waals surface area contributed by atoms with E-state index in [9.17, 15) is 9.59 Å². The molecule has 34 heavy (non-hydrogen) atoms. The van der Waals surface area contributed by atoms with Crippen LogP contribution in [0.15, 0.2) is 70.8 Å². The van der Waals surface area contributed by atoms with Gasteiger partial charge in [0.25, 0.3) is 5.91 Å². The van der Waals surface area contributed by atoms with Crippen LogP contribution in [0.1, 0.15) is 18.1 Å². The van der Waals surface area contributed by atoms with Crippen molar-refractivity contribution in [2.45, 2.75) is 13.5 Å². The van der Waals surface area contributed by atoms with Crippen molar-refractivity contribution in [1.82, 2.24) is 5.32 Å². The number of urea groups is 1. The van der Waals surface area contributed by atoms with E-state index in [1.807, 2.05) is 37.3 Å². The van der Waals surface area contributed by atoms with Crippen LogP contribution in [0.3, 0.4) is 0 Å². The molecule has 9 heteroatoms. The second-order valence-electron chi connectivity index (χ2n) is 7.29. The van der Waals surface area contributed by atoms with E-state index in [-0.39, 0.29) is 5.70 Å². The number of benzene rings is 3. The minimum Gasteiger partial charge on any atom is -0.490 e. The van der Waals surface area contributed by atoms with Crippen LogP contribution in [-0.4, -0.2) is 18.5 Å². The molecule has 0 aliphatic carbocycles. The Morgan fingerprint density at radius 2 is 1.85 bits per heavy atom. The molecular weight excluding hydrogens is 635 g/mol. The third-order valence-corrected chi connectivity index (χ3v) is 6.45. The molecule has 0 aromatic heterocycles. The first-order valence-corrected chi connectivity index (χ1v) is 12.6. The smallest absolute Gasteiger partial charge is 0.333 e. The highest BCUT2D eigenvalue weighted by atomic mass is 127. The number of hydrogen-bond donors (Lipinski definition) is 1. The number of rotatable bonds is 7. The van der Waals surface area contributed by atoms with E-state index < -0.39 is 11.9 Å². The summed E-state index contributed by atoms with van der Waals surface area (Å²) < 4.78 is 13.7.